The van der Waals surface area contributed by atoms with Crippen molar-refractivity contribution >= 4 is 36.0 Å². The lowest BCUT2D eigenvalue weighted by Crippen LogP contribution is -2.57. The molecule has 7 heteroatoms. The van der Waals surface area contributed by atoms with Crippen molar-refractivity contribution in [3.8, 4) is 0 Å². The van der Waals surface area contributed by atoms with E-state index in [1.807, 2.05) is 4.90 Å². The summed E-state index contributed by atoms with van der Waals surface area (Å²) in [5.41, 5.74) is 6.04. The standard InChI is InChI=1S/C13H23N3O2S.ClH/c1-9(17)16-8-19-6-10(16)12(18)15-5-4-11(14)13(2,3)7-15;/h10-11H,4-8,14H2,1-3H3;1H. The molecule has 2 amide bonds. The van der Waals surface area contributed by atoms with E-state index in [4.69, 9.17) is 5.73 Å². The van der Waals surface area contributed by atoms with Crippen LogP contribution in [0.2, 0.25) is 0 Å². The van der Waals surface area contributed by atoms with Crippen LogP contribution in [-0.4, -0.2) is 58.4 Å². The van der Waals surface area contributed by atoms with Crippen molar-refractivity contribution in [2.75, 3.05) is 24.7 Å². The minimum atomic E-state index is -0.285. The lowest BCUT2D eigenvalue weighted by atomic mass is 9.79. The van der Waals surface area contributed by atoms with Crippen molar-refractivity contribution in [3.05, 3.63) is 0 Å². The zero-order chi connectivity index (χ0) is 14.2. The zero-order valence-electron chi connectivity index (χ0n) is 12.3. The van der Waals surface area contributed by atoms with Crippen molar-refractivity contribution < 1.29 is 9.59 Å². The average Bonchev–Trinajstić information content (AvgIpc) is 2.80. The molecule has 2 aliphatic heterocycles. The van der Waals surface area contributed by atoms with Gasteiger partial charge < -0.3 is 15.5 Å². The first kappa shape index (κ1) is 17.6. The molecule has 2 N–H and O–H groups in total. The quantitative estimate of drug-likeness (QED) is 0.780. The highest BCUT2D eigenvalue weighted by Gasteiger charge is 2.40. The highest BCUT2D eigenvalue weighted by Crippen LogP contribution is 2.30. The summed E-state index contributed by atoms with van der Waals surface area (Å²) in [5.74, 6) is 1.40. The molecule has 0 bridgehead atoms. The number of carbonyl (C=O) groups is 2. The van der Waals surface area contributed by atoms with Crippen LogP contribution in [0.5, 0.6) is 0 Å². The summed E-state index contributed by atoms with van der Waals surface area (Å²) in [6, 6.07) is -0.147. The van der Waals surface area contributed by atoms with Gasteiger partial charge in [-0.25, -0.2) is 0 Å². The molecule has 0 spiro atoms. The largest absolute Gasteiger partial charge is 0.340 e. The summed E-state index contributed by atoms with van der Waals surface area (Å²) in [5, 5.41) is 0. The number of nitrogens with zero attached hydrogens (tertiary/aromatic N) is 2. The van der Waals surface area contributed by atoms with Crippen LogP contribution in [0, 0.1) is 5.41 Å². The minimum Gasteiger partial charge on any atom is -0.340 e. The van der Waals surface area contributed by atoms with Gasteiger partial charge in [0, 0.05) is 31.8 Å². The van der Waals surface area contributed by atoms with E-state index in [0.717, 1.165) is 6.42 Å². The number of amides is 2. The molecule has 2 unspecified atom stereocenters. The molecular weight excluding hydrogens is 298 g/mol. The molecule has 2 heterocycles. The summed E-state index contributed by atoms with van der Waals surface area (Å²) < 4.78 is 0. The first-order valence-electron chi connectivity index (χ1n) is 6.72. The molecule has 2 aliphatic rings. The topological polar surface area (TPSA) is 66.6 Å². The van der Waals surface area contributed by atoms with Crippen molar-refractivity contribution in [2.24, 2.45) is 11.1 Å². The summed E-state index contributed by atoms with van der Waals surface area (Å²) in [6.07, 6.45) is 0.832. The van der Waals surface area contributed by atoms with Gasteiger partial charge in [-0.3, -0.25) is 9.59 Å². The molecule has 0 aliphatic carbocycles. The second-order valence-electron chi connectivity index (χ2n) is 6.15. The molecule has 2 saturated heterocycles. The summed E-state index contributed by atoms with van der Waals surface area (Å²) >= 11 is 1.64. The van der Waals surface area contributed by atoms with E-state index in [9.17, 15) is 9.59 Å². The van der Waals surface area contributed by atoms with Gasteiger partial charge in [-0.1, -0.05) is 13.8 Å². The Balaban J connectivity index is 0.00000200. The SMILES string of the molecule is CC(=O)N1CSCC1C(=O)N1CCC(N)C(C)(C)C1.Cl. The van der Waals surface area contributed by atoms with Crippen molar-refractivity contribution in [3.63, 3.8) is 0 Å². The van der Waals surface area contributed by atoms with Crippen LogP contribution in [0.25, 0.3) is 0 Å². The Bertz CT molecular complexity index is 392. The van der Waals surface area contributed by atoms with E-state index in [2.05, 4.69) is 13.8 Å². The highest BCUT2D eigenvalue weighted by molar-refractivity contribution is 7.99. The third-order valence-corrected chi connectivity index (χ3v) is 5.21. The number of thioether (sulfide) groups is 1. The van der Waals surface area contributed by atoms with Gasteiger partial charge in [-0.15, -0.1) is 24.2 Å². The molecular formula is C13H24ClN3O2S. The van der Waals surface area contributed by atoms with E-state index in [0.29, 0.717) is 24.7 Å². The third-order valence-electron chi connectivity index (χ3n) is 4.20. The van der Waals surface area contributed by atoms with Gasteiger partial charge in [0.05, 0.1) is 5.88 Å². The molecule has 0 aromatic rings. The predicted octanol–water partition coefficient (Wildman–Crippen LogP) is 0.915. The van der Waals surface area contributed by atoms with Gasteiger partial charge in [0.1, 0.15) is 6.04 Å². The fraction of sp³-hybridized carbons (Fsp3) is 0.846. The molecule has 2 atom stereocenters. The number of rotatable bonds is 1. The van der Waals surface area contributed by atoms with Crippen LogP contribution in [0.1, 0.15) is 27.2 Å². The summed E-state index contributed by atoms with van der Waals surface area (Å²) in [7, 11) is 0. The number of halogens is 1. The molecule has 0 radical (unpaired) electrons. The van der Waals surface area contributed by atoms with Crippen LogP contribution < -0.4 is 5.73 Å². The first-order valence-corrected chi connectivity index (χ1v) is 7.88. The predicted molar refractivity (Wildman–Crippen MR) is 83.8 cm³/mol. The molecule has 2 rings (SSSR count). The molecule has 116 valence electrons. The number of likely N-dealkylation sites (tertiary alicyclic amines) is 1. The van der Waals surface area contributed by atoms with Crippen LogP contribution in [0.4, 0.5) is 0 Å². The van der Waals surface area contributed by atoms with Gasteiger partial charge >= 0.3 is 0 Å². The van der Waals surface area contributed by atoms with E-state index >= 15 is 0 Å². The maximum atomic E-state index is 12.6. The second kappa shape index (κ2) is 6.54. The molecule has 0 saturated carbocycles. The zero-order valence-corrected chi connectivity index (χ0v) is 13.9. The van der Waals surface area contributed by atoms with E-state index in [1.54, 1.807) is 16.7 Å². The molecule has 2 fully saturated rings. The maximum Gasteiger partial charge on any atom is 0.246 e. The summed E-state index contributed by atoms with van der Waals surface area (Å²) in [4.78, 5) is 27.7. The lowest BCUT2D eigenvalue weighted by molar-refractivity contribution is -0.144. The van der Waals surface area contributed by atoms with Gasteiger partial charge in [-0.05, 0) is 11.8 Å². The number of nitrogens with two attached hydrogens (primary N) is 1. The molecule has 20 heavy (non-hydrogen) atoms. The fourth-order valence-corrected chi connectivity index (χ4v) is 3.94. The minimum absolute atomic E-state index is 0. The van der Waals surface area contributed by atoms with Gasteiger partial charge in [-0.2, -0.15) is 0 Å². The Labute approximate surface area is 131 Å². The normalized spacial score (nSPS) is 29.0. The van der Waals surface area contributed by atoms with E-state index < -0.39 is 0 Å². The van der Waals surface area contributed by atoms with Crippen molar-refractivity contribution in [1.29, 1.82) is 0 Å². The lowest BCUT2D eigenvalue weighted by Gasteiger charge is -2.43. The Morgan fingerprint density at radius 1 is 1.35 bits per heavy atom. The monoisotopic (exact) mass is 321 g/mol. The smallest absolute Gasteiger partial charge is 0.246 e. The molecule has 5 nitrogen and oxygen atoms in total. The summed E-state index contributed by atoms with van der Waals surface area (Å²) in [6.45, 7) is 7.12. The number of hydrogen-bond donors (Lipinski definition) is 1. The Morgan fingerprint density at radius 3 is 2.55 bits per heavy atom. The Kier molecular flexibility index (Phi) is 5.75. The van der Waals surface area contributed by atoms with E-state index in [-0.39, 0.29) is 41.7 Å². The van der Waals surface area contributed by atoms with Crippen LogP contribution in [0.3, 0.4) is 0 Å². The van der Waals surface area contributed by atoms with Crippen LogP contribution >= 0.6 is 24.2 Å². The van der Waals surface area contributed by atoms with E-state index in [1.165, 1.54) is 6.92 Å². The fourth-order valence-electron chi connectivity index (χ4n) is 2.73. The molecule has 0 aromatic heterocycles. The maximum absolute atomic E-state index is 12.6. The van der Waals surface area contributed by atoms with Gasteiger partial charge in [0.15, 0.2) is 0 Å². The van der Waals surface area contributed by atoms with Gasteiger partial charge in [0.2, 0.25) is 11.8 Å². The number of hydrogen-bond acceptors (Lipinski definition) is 4. The Morgan fingerprint density at radius 2 is 2.00 bits per heavy atom. The molecule has 0 aromatic carbocycles. The third kappa shape index (κ3) is 3.40. The Hall–Kier alpha value is -0.460. The van der Waals surface area contributed by atoms with Crippen LogP contribution in [-0.2, 0) is 9.59 Å². The average molecular weight is 322 g/mol. The number of carbonyl (C=O) groups excluding carboxylic acids is 2. The first-order chi connectivity index (χ1) is 8.83. The number of piperidine rings is 1. The second-order valence-corrected chi connectivity index (χ2v) is 7.15. The van der Waals surface area contributed by atoms with Crippen LogP contribution in [0.15, 0.2) is 0 Å². The van der Waals surface area contributed by atoms with Gasteiger partial charge in [0.25, 0.3) is 0 Å². The highest BCUT2D eigenvalue weighted by atomic mass is 35.5. The van der Waals surface area contributed by atoms with Crippen molar-refractivity contribution in [2.45, 2.75) is 39.3 Å². The van der Waals surface area contributed by atoms with Crippen molar-refractivity contribution in [1.82, 2.24) is 9.80 Å².